The number of benzene rings is 1. The van der Waals surface area contributed by atoms with Gasteiger partial charge in [0.1, 0.15) is 0 Å². The number of nitrogens with zero attached hydrogens (tertiary/aromatic N) is 1. The Bertz CT molecular complexity index is 455. The van der Waals surface area contributed by atoms with E-state index < -0.39 is 0 Å². The van der Waals surface area contributed by atoms with Crippen molar-refractivity contribution >= 4 is 17.5 Å². The van der Waals surface area contributed by atoms with Crippen LogP contribution in [0, 0.1) is 5.41 Å². The largest absolute Gasteiger partial charge is 0.341 e. The van der Waals surface area contributed by atoms with Crippen LogP contribution in [0.4, 0.5) is 0 Å². The number of nitrogens with one attached hydrogen (secondary N) is 1. The molecule has 0 saturated carbocycles. The van der Waals surface area contributed by atoms with Crippen LogP contribution < -0.4 is 5.32 Å². The van der Waals surface area contributed by atoms with E-state index in [1.54, 1.807) is 4.90 Å². The van der Waals surface area contributed by atoms with Crippen LogP contribution in [0.1, 0.15) is 25.3 Å². The number of rotatable bonds is 3. The number of amides is 1. The Labute approximate surface area is 119 Å². The third-order valence-electron chi connectivity index (χ3n) is 3.83. The Balaban J connectivity index is 2.05. The lowest BCUT2D eigenvalue weighted by Gasteiger charge is -2.36. The molecule has 1 amide bonds. The molecule has 104 valence electrons. The molecule has 2 rings (SSSR count). The first-order chi connectivity index (χ1) is 9.03. The van der Waals surface area contributed by atoms with E-state index in [-0.39, 0.29) is 11.3 Å². The fourth-order valence-electron chi connectivity index (χ4n) is 2.65. The van der Waals surface area contributed by atoms with Crippen LogP contribution in [0.15, 0.2) is 24.3 Å². The molecule has 0 bridgehead atoms. The normalized spacial score (nSPS) is 23.1. The number of halogens is 1. The van der Waals surface area contributed by atoms with Crippen LogP contribution in [0.2, 0.25) is 5.02 Å². The highest BCUT2D eigenvalue weighted by molar-refractivity contribution is 6.31. The van der Waals surface area contributed by atoms with Gasteiger partial charge in [-0.15, -0.1) is 0 Å². The summed E-state index contributed by atoms with van der Waals surface area (Å²) in [6.45, 7) is 4.38. The number of carbonyl (C=O) groups is 1. The lowest BCUT2D eigenvalue weighted by Crippen LogP contribution is -2.48. The summed E-state index contributed by atoms with van der Waals surface area (Å²) in [4.78, 5) is 14.4. The monoisotopic (exact) mass is 280 g/mol. The quantitative estimate of drug-likeness (QED) is 0.923. The minimum Gasteiger partial charge on any atom is -0.341 e. The number of hydrogen-bond acceptors (Lipinski definition) is 2. The Morgan fingerprint density at radius 3 is 2.84 bits per heavy atom. The van der Waals surface area contributed by atoms with Crippen LogP contribution >= 0.6 is 11.6 Å². The molecule has 1 fully saturated rings. The molecule has 1 aromatic carbocycles. The van der Waals surface area contributed by atoms with Crippen molar-refractivity contribution in [3.63, 3.8) is 0 Å². The smallest absolute Gasteiger partial charge is 0.229 e. The summed E-state index contributed by atoms with van der Waals surface area (Å²) in [5, 5.41) is 4.03. The fourth-order valence-corrected chi connectivity index (χ4v) is 2.85. The minimum absolute atomic E-state index is 0.194. The summed E-state index contributed by atoms with van der Waals surface area (Å²) < 4.78 is 0. The standard InChI is InChI=1S/C15H21ClN2O/c1-15(8-5-9-17-11-15)14(19)18(2)10-12-6-3-4-7-13(12)16/h3-4,6-7,17H,5,8-11H2,1-2H3. The van der Waals surface area contributed by atoms with Gasteiger partial charge in [-0.1, -0.05) is 29.8 Å². The highest BCUT2D eigenvalue weighted by Gasteiger charge is 2.36. The van der Waals surface area contributed by atoms with E-state index >= 15 is 0 Å². The van der Waals surface area contributed by atoms with E-state index in [1.807, 2.05) is 38.2 Å². The van der Waals surface area contributed by atoms with Crippen LogP contribution in [-0.4, -0.2) is 30.9 Å². The third-order valence-corrected chi connectivity index (χ3v) is 4.19. The first kappa shape index (κ1) is 14.4. The molecule has 0 radical (unpaired) electrons. The zero-order valence-electron chi connectivity index (χ0n) is 11.6. The lowest BCUT2D eigenvalue weighted by molar-refractivity contribution is -0.141. The molecule has 1 unspecified atom stereocenters. The van der Waals surface area contributed by atoms with Gasteiger partial charge in [-0.2, -0.15) is 0 Å². The molecule has 19 heavy (non-hydrogen) atoms. The van der Waals surface area contributed by atoms with Crippen molar-refractivity contribution < 1.29 is 4.79 Å². The van der Waals surface area contributed by atoms with Gasteiger partial charge in [0.15, 0.2) is 0 Å². The zero-order chi connectivity index (χ0) is 13.9. The van der Waals surface area contributed by atoms with Crippen molar-refractivity contribution in [2.75, 3.05) is 20.1 Å². The maximum absolute atomic E-state index is 12.6. The molecule has 1 aliphatic heterocycles. The van der Waals surface area contributed by atoms with Gasteiger partial charge in [-0.25, -0.2) is 0 Å². The van der Waals surface area contributed by atoms with Crippen molar-refractivity contribution in [2.24, 2.45) is 5.41 Å². The summed E-state index contributed by atoms with van der Waals surface area (Å²) in [5.74, 6) is 0.194. The van der Waals surface area contributed by atoms with Crippen molar-refractivity contribution in [3.8, 4) is 0 Å². The number of hydrogen-bond donors (Lipinski definition) is 1. The van der Waals surface area contributed by atoms with Crippen LogP contribution in [0.5, 0.6) is 0 Å². The molecule has 0 spiro atoms. The van der Waals surface area contributed by atoms with Gasteiger partial charge < -0.3 is 10.2 Å². The van der Waals surface area contributed by atoms with Gasteiger partial charge >= 0.3 is 0 Å². The maximum Gasteiger partial charge on any atom is 0.229 e. The molecular formula is C15H21ClN2O. The lowest BCUT2D eigenvalue weighted by atomic mass is 9.81. The average molecular weight is 281 g/mol. The van der Waals surface area contributed by atoms with Crippen LogP contribution in [0.25, 0.3) is 0 Å². The highest BCUT2D eigenvalue weighted by atomic mass is 35.5. The van der Waals surface area contributed by atoms with Crippen molar-refractivity contribution in [2.45, 2.75) is 26.3 Å². The van der Waals surface area contributed by atoms with E-state index in [0.29, 0.717) is 11.6 Å². The molecule has 1 atom stereocenters. The summed E-state index contributed by atoms with van der Waals surface area (Å²) in [7, 11) is 1.85. The van der Waals surface area contributed by atoms with Gasteiger partial charge in [-0.05, 0) is 37.9 Å². The SMILES string of the molecule is CN(Cc1ccccc1Cl)C(=O)C1(C)CCCNC1. The van der Waals surface area contributed by atoms with E-state index in [9.17, 15) is 4.79 Å². The van der Waals surface area contributed by atoms with Crippen molar-refractivity contribution in [1.29, 1.82) is 0 Å². The van der Waals surface area contributed by atoms with Crippen LogP contribution in [0.3, 0.4) is 0 Å². The summed E-state index contributed by atoms with van der Waals surface area (Å²) in [6.07, 6.45) is 2.01. The summed E-state index contributed by atoms with van der Waals surface area (Å²) >= 11 is 6.14. The van der Waals surface area contributed by atoms with Gasteiger partial charge in [0.05, 0.1) is 5.41 Å². The second-order valence-corrected chi connectivity index (χ2v) is 6.00. The van der Waals surface area contributed by atoms with Gasteiger partial charge in [0, 0.05) is 25.2 Å². The molecule has 1 N–H and O–H groups in total. The molecule has 1 heterocycles. The topological polar surface area (TPSA) is 32.3 Å². The first-order valence-electron chi connectivity index (χ1n) is 6.73. The second-order valence-electron chi connectivity index (χ2n) is 5.59. The molecule has 0 aliphatic carbocycles. The van der Waals surface area contributed by atoms with Gasteiger partial charge in [-0.3, -0.25) is 4.79 Å². The number of carbonyl (C=O) groups excluding carboxylic acids is 1. The summed E-state index contributed by atoms with van der Waals surface area (Å²) in [5.41, 5.74) is 0.709. The first-order valence-corrected chi connectivity index (χ1v) is 7.10. The van der Waals surface area contributed by atoms with E-state index in [1.165, 1.54) is 0 Å². The highest BCUT2D eigenvalue weighted by Crippen LogP contribution is 2.28. The maximum atomic E-state index is 12.6. The minimum atomic E-state index is -0.283. The summed E-state index contributed by atoms with van der Waals surface area (Å²) in [6, 6.07) is 7.68. The van der Waals surface area contributed by atoms with Crippen LogP contribution in [-0.2, 0) is 11.3 Å². The molecule has 3 nitrogen and oxygen atoms in total. The molecule has 0 aromatic heterocycles. The van der Waals surface area contributed by atoms with E-state index in [0.717, 1.165) is 31.5 Å². The van der Waals surface area contributed by atoms with Crippen molar-refractivity contribution in [1.82, 2.24) is 10.2 Å². The third kappa shape index (κ3) is 3.28. The van der Waals surface area contributed by atoms with Gasteiger partial charge in [0.25, 0.3) is 0 Å². The predicted molar refractivity (Wildman–Crippen MR) is 78.1 cm³/mol. The van der Waals surface area contributed by atoms with Gasteiger partial charge in [0.2, 0.25) is 5.91 Å². The Morgan fingerprint density at radius 1 is 1.47 bits per heavy atom. The molecule has 1 saturated heterocycles. The zero-order valence-corrected chi connectivity index (χ0v) is 12.3. The Morgan fingerprint density at radius 2 is 2.21 bits per heavy atom. The molecular weight excluding hydrogens is 260 g/mol. The number of piperidine rings is 1. The van der Waals surface area contributed by atoms with E-state index in [4.69, 9.17) is 11.6 Å². The second kappa shape index (κ2) is 5.93. The Hall–Kier alpha value is -1.06. The Kier molecular flexibility index (Phi) is 4.48. The predicted octanol–water partition coefficient (Wildman–Crippen LogP) is 2.69. The average Bonchev–Trinajstić information content (AvgIpc) is 2.41. The van der Waals surface area contributed by atoms with Crippen molar-refractivity contribution in [3.05, 3.63) is 34.9 Å². The molecule has 4 heteroatoms. The molecule has 1 aliphatic rings. The molecule has 1 aromatic rings. The fraction of sp³-hybridized carbons (Fsp3) is 0.533. The van der Waals surface area contributed by atoms with E-state index in [2.05, 4.69) is 5.32 Å².